The molecule has 0 aliphatic rings. The fourth-order valence-electron chi connectivity index (χ4n) is 1.41. The van der Waals surface area contributed by atoms with Crippen LogP contribution in [0.3, 0.4) is 0 Å². The molecule has 17 heavy (non-hydrogen) atoms. The molecule has 2 N–H and O–H groups in total. The standard InChI is InChI=1S/C10H13N5OS/c1-8-13-10(17-14-8)15(6-5-12-16)9-3-2-4-11-7-9/h2-4,7,12,16H,5-6H2,1H3. The van der Waals surface area contributed by atoms with Gasteiger partial charge in [0.1, 0.15) is 5.82 Å². The van der Waals surface area contributed by atoms with E-state index in [1.54, 1.807) is 12.4 Å². The molecule has 2 rings (SSSR count). The molecule has 0 unspecified atom stereocenters. The van der Waals surface area contributed by atoms with E-state index in [0.29, 0.717) is 13.1 Å². The molecule has 0 saturated carbocycles. The summed E-state index contributed by atoms with van der Waals surface area (Å²) in [5.74, 6) is 0.746. The topological polar surface area (TPSA) is 74.2 Å². The molecule has 0 aliphatic carbocycles. The molecular formula is C10H13N5OS. The second kappa shape index (κ2) is 5.67. The van der Waals surface area contributed by atoms with E-state index in [0.717, 1.165) is 16.6 Å². The van der Waals surface area contributed by atoms with Crippen molar-refractivity contribution in [3.05, 3.63) is 30.4 Å². The molecule has 0 amide bonds. The van der Waals surface area contributed by atoms with Gasteiger partial charge < -0.3 is 10.1 Å². The summed E-state index contributed by atoms with van der Waals surface area (Å²) in [6.45, 7) is 2.88. The van der Waals surface area contributed by atoms with E-state index in [1.165, 1.54) is 11.5 Å². The Morgan fingerprint density at radius 1 is 1.53 bits per heavy atom. The molecule has 2 heterocycles. The molecule has 0 saturated heterocycles. The Morgan fingerprint density at radius 2 is 2.41 bits per heavy atom. The minimum Gasteiger partial charge on any atom is -0.317 e. The first kappa shape index (κ1) is 11.9. The van der Waals surface area contributed by atoms with Crippen LogP contribution in [-0.4, -0.2) is 32.6 Å². The third-order valence-corrected chi connectivity index (χ3v) is 2.98. The van der Waals surface area contributed by atoms with Gasteiger partial charge in [-0.05, 0) is 19.1 Å². The lowest BCUT2D eigenvalue weighted by Crippen LogP contribution is -2.27. The predicted octanol–water partition coefficient (Wildman–Crippen LogP) is 1.36. The zero-order valence-electron chi connectivity index (χ0n) is 9.37. The molecule has 0 atom stereocenters. The van der Waals surface area contributed by atoms with Crippen molar-refractivity contribution in [3.63, 3.8) is 0 Å². The molecule has 0 bridgehead atoms. The predicted molar refractivity (Wildman–Crippen MR) is 65.7 cm³/mol. The van der Waals surface area contributed by atoms with Crippen LogP contribution in [0.15, 0.2) is 24.5 Å². The smallest absolute Gasteiger partial charge is 0.209 e. The zero-order valence-corrected chi connectivity index (χ0v) is 10.2. The Bertz CT molecular complexity index is 461. The van der Waals surface area contributed by atoms with E-state index in [4.69, 9.17) is 5.21 Å². The van der Waals surface area contributed by atoms with E-state index in [1.807, 2.05) is 24.0 Å². The number of hydrogen-bond acceptors (Lipinski definition) is 7. The van der Waals surface area contributed by atoms with Crippen LogP contribution in [0.5, 0.6) is 0 Å². The van der Waals surface area contributed by atoms with Crippen molar-refractivity contribution in [1.82, 2.24) is 19.8 Å². The second-order valence-corrected chi connectivity index (χ2v) is 4.13. The Balaban J connectivity index is 2.25. The van der Waals surface area contributed by atoms with Crippen LogP contribution in [0.1, 0.15) is 5.82 Å². The van der Waals surface area contributed by atoms with Crippen LogP contribution in [0.2, 0.25) is 0 Å². The van der Waals surface area contributed by atoms with E-state index in [-0.39, 0.29) is 0 Å². The van der Waals surface area contributed by atoms with Crippen LogP contribution in [0.4, 0.5) is 10.8 Å². The van der Waals surface area contributed by atoms with Crippen molar-refractivity contribution in [2.45, 2.75) is 6.92 Å². The van der Waals surface area contributed by atoms with Gasteiger partial charge in [-0.1, -0.05) is 0 Å². The van der Waals surface area contributed by atoms with Crippen molar-refractivity contribution in [3.8, 4) is 0 Å². The van der Waals surface area contributed by atoms with E-state index in [2.05, 4.69) is 19.8 Å². The third-order valence-electron chi connectivity index (χ3n) is 2.15. The van der Waals surface area contributed by atoms with E-state index in [9.17, 15) is 0 Å². The molecule has 0 fully saturated rings. The number of anilines is 2. The highest BCUT2D eigenvalue weighted by Crippen LogP contribution is 2.25. The third kappa shape index (κ3) is 2.96. The van der Waals surface area contributed by atoms with Gasteiger partial charge in [-0.15, -0.1) is 0 Å². The number of nitrogens with zero attached hydrogens (tertiary/aromatic N) is 4. The molecule has 2 aromatic rings. The summed E-state index contributed by atoms with van der Waals surface area (Å²) < 4.78 is 4.16. The molecule has 0 aliphatic heterocycles. The summed E-state index contributed by atoms with van der Waals surface area (Å²) >= 11 is 1.33. The maximum Gasteiger partial charge on any atom is 0.209 e. The van der Waals surface area contributed by atoms with Gasteiger partial charge in [0, 0.05) is 30.8 Å². The molecule has 0 aromatic carbocycles. The van der Waals surface area contributed by atoms with Gasteiger partial charge >= 0.3 is 0 Å². The molecular weight excluding hydrogens is 238 g/mol. The average Bonchev–Trinajstić information content (AvgIpc) is 2.78. The summed E-state index contributed by atoms with van der Waals surface area (Å²) in [7, 11) is 0. The molecule has 90 valence electrons. The fraction of sp³-hybridized carbons (Fsp3) is 0.300. The highest BCUT2D eigenvalue weighted by atomic mass is 32.1. The molecule has 0 spiro atoms. The molecule has 6 nitrogen and oxygen atoms in total. The summed E-state index contributed by atoms with van der Waals surface area (Å²) in [4.78, 5) is 10.4. The summed E-state index contributed by atoms with van der Waals surface area (Å²) in [6.07, 6.45) is 3.48. The number of pyridine rings is 1. The minimum atomic E-state index is 0.438. The highest BCUT2D eigenvalue weighted by Gasteiger charge is 2.13. The average molecular weight is 251 g/mol. The zero-order chi connectivity index (χ0) is 12.1. The van der Waals surface area contributed by atoms with Gasteiger partial charge in [0.15, 0.2) is 0 Å². The number of aromatic nitrogens is 3. The molecule has 2 aromatic heterocycles. The lowest BCUT2D eigenvalue weighted by molar-refractivity contribution is 0.170. The fourth-order valence-corrected chi connectivity index (χ4v) is 2.13. The maximum absolute atomic E-state index is 8.69. The number of aryl methyl sites for hydroxylation is 1. The van der Waals surface area contributed by atoms with Crippen molar-refractivity contribution < 1.29 is 5.21 Å². The van der Waals surface area contributed by atoms with Gasteiger partial charge in [-0.3, -0.25) is 4.98 Å². The lowest BCUT2D eigenvalue weighted by atomic mass is 10.4. The Hall–Kier alpha value is -1.57. The van der Waals surface area contributed by atoms with Crippen molar-refractivity contribution in [2.24, 2.45) is 0 Å². The minimum absolute atomic E-state index is 0.438. The normalized spacial score (nSPS) is 10.5. The molecule has 0 radical (unpaired) electrons. The first-order chi connectivity index (χ1) is 8.31. The number of rotatable bonds is 5. The Morgan fingerprint density at radius 3 is 3.00 bits per heavy atom. The Labute approximate surface area is 103 Å². The van der Waals surface area contributed by atoms with Gasteiger partial charge in [0.05, 0.1) is 11.9 Å². The Kier molecular flexibility index (Phi) is 3.97. The summed E-state index contributed by atoms with van der Waals surface area (Å²) in [5.41, 5.74) is 3.07. The van der Waals surface area contributed by atoms with Crippen molar-refractivity contribution >= 4 is 22.4 Å². The first-order valence-corrected chi connectivity index (χ1v) is 5.93. The quantitative estimate of drug-likeness (QED) is 0.782. The van der Waals surface area contributed by atoms with Crippen molar-refractivity contribution in [1.29, 1.82) is 0 Å². The van der Waals surface area contributed by atoms with Gasteiger partial charge in [-0.2, -0.15) is 4.37 Å². The van der Waals surface area contributed by atoms with E-state index >= 15 is 0 Å². The second-order valence-electron chi connectivity index (χ2n) is 3.40. The summed E-state index contributed by atoms with van der Waals surface area (Å²) in [5, 5.41) is 9.49. The largest absolute Gasteiger partial charge is 0.317 e. The number of nitrogens with one attached hydrogen (secondary N) is 1. The summed E-state index contributed by atoms with van der Waals surface area (Å²) in [6, 6.07) is 3.81. The van der Waals surface area contributed by atoms with Crippen LogP contribution in [0.25, 0.3) is 0 Å². The van der Waals surface area contributed by atoms with Crippen LogP contribution < -0.4 is 10.4 Å². The number of hydroxylamine groups is 1. The monoisotopic (exact) mass is 251 g/mol. The van der Waals surface area contributed by atoms with Gasteiger partial charge in [-0.25, -0.2) is 10.5 Å². The molecule has 7 heteroatoms. The highest BCUT2D eigenvalue weighted by molar-refractivity contribution is 7.09. The van der Waals surface area contributed by atoms with E-state index < -0.39 is 0 Å². The van der Waals surface area contributed by atoms with Crippen LogP contribution in [0, 0.1) is 6.92 Å². The maximum atomic E-state index is 8.69. The van der Waals surface area contributed by atoms with Crippen LogP contribution >= 0.6 is 11.5 Å². The van der Waals surface area contributed by atoms with Gasteiger partial charge in [0.25, 0.3) is 0 Å². The van der Waals surface area contributed by atoms with Crippen LogP contribution in [-0.2, 0) is 0 Å². The number of hydrogen-bond donors (Lipinski definition) is 2. The SMILES string of the molecule is Cc1nsc(N(CCNO)c2cccnc2)n1. The first-order valence-electron chi connectivity index (χ1n) is 5.16. The van der Waals surface area contributed by atoms with Gasteiger partial charge in [0.2, 0.25) is 5.13 Å². The van der Waals surface area contributed by atoms with Crippen molar-refractivity contribution in [2.75, 3.05) is 18.0 Å². The lowest BCUT2D eigenvalue weighted by Gasteiger charge is -2.20.